The fourth-order valence-electron chi connectivity index (χ4n) is 2.57. The molecule has 0 bridgehead atoms. The van der Waals surface area contributed by atoms with Crippen LogP contribution in [0.2, 0.25) is 0 Å². The molecule has 3 heterocycles. The molecular formula is C16H18N6O2. The Hall–Kier alpha value is -3.03. The summed E-state index contributed by atoms with van der Waals surface area (Å²) in [6.45, 7) is 3.80. The van der Waals surface area contributed by atoms with Gasteiger partial charge in [-0.1, -0.05) is 5.16 Å². The van der Waals surface area contributed by atoms with Gasteiger partial charge in [0.05, 0.1) is 17.8 Å². The van der Waals surface area contributed by atoms with Gasteiger partial charge in [-0.25, -0.2) is 9.67 Å². The van der Waals surface area contributed by atoms with Crippen LogP contribution in [0, 0.1) is 13.8 Å². The minimum absolute atomic E-state index is 0.0103. The number of primary amides is 1. The molecular weight excluding hydrogens is 308 g/mol. The summed E-state index contributed by atoms with van der Waals surface area (Å²) >= 11 is 0. The quantitative estimate of drug-likeness (QED) is 0.725. The molecule has 0 aliphatic carbocycles. The van der Waals surface area contributed by atoms with Crippen molar-refractivity contribution in [2.45, 2.75) is 33.1 Å². The molecule has 0 spiro atoms. The first-order chi connectivity index (χ1) is 11.5. The number of nitrogens with two attached hydrogens (primary N) is 1. The van der Waals surface area contributed by atoms with Gasteiger partial charge in [0.15, 0.2) is 5.82 Å². The lowest BCUT2D eigenvalue weighted by atomic mass is 10.1. The topological polar surface area (TPSA) is 113 Å². The lowest BCUT2D eigenvalue weighted by Crippen LogP contribution is -2.14. The van der Waals surface area contributed by atoms with Gasteiger partial charge in [-0.3, -0.25) is 9.78 Å². The number of hydrogen-bond donors (Lipinski definition) is 1. The van der Waals surface area contributed by atoms with Gasteiger partial charge in [0, 0.05) is 24.4 Å². The van der Waals surface area contributed by atoms with Crippen molar-refractivity contribution in [1.82, 2.24) is 24.9 Å². The van der Waals surface area contributed by atoms with Gasteiger partial charge >= 0.3 is 0 Å². The van der Waals surface area contributed by atoms with E-state index in [0.29, 0.717) is 12.2 Å². The maximum Gasteiger partial charge on any atom is 0.225 e. The van der Waals surface area contributed by atoms with E-state index in [1.54, 1.807) is 17.1 Å². The van der Waals surface area contributed by atoms with Crippen LogP contribution in [0.5, 0.6) is 0 Å². The Bertz CT molecular complexity index is 833. The Morgan fingerprint density at radius 1 is 1.25 bits per heavy atom. The van der Waals surface area contributed by atoms with Crippen molar-refractivity contribution in [3.8, 4) is 5.69 Å². The molecule has 0 aromatic carbocycles. The van der Waals surface area contributed by atoms with Crippen molar-refractivity contribution in [2.75, 3.05) is 0 Å². The van der Waals surface area contributed by atoms with Crippen molar-refractivity contribution < 1.29 is 9.32 Å². The first-order valence-electron chi connectivity index (χ1n) is 7.60. The zero-order valence-electron chi connectivity index (χ0n) is 13.6. The number of amides is 1. The maximum absolute atomic E-state index is 11.2. The van der Waals surface area contributed by atoms with Crippen LogP contribution < -0.4 is 5.73 Å². The number of aromatic nitrogens is 5. The summed E-state index contributed by atoms with van der Waals surface area (Å²) in [5.41, 5.74) is 8.03. The molecule has 0 fully saturated rings. The fourth-order valence-corrected chi connectivity index (χ4v) is 2.57. The summed E-state index contributed by atoms with van der Waals surface area (Å²) in [6.07, 6.45) is 4.74. The molecule has 0 saturated carbocycles. The predicted octanol–water partition coefficient (Wildman–Crippen LogP) is 1.08. The van der Waals surface area contributed by atoms with Crippen LogP contribution in [0.3, 0.4) is 0 Å². The van der Waals surface area contributed by atoms with Crippen molar-refractivity contribution in [3.63, 3.8) is 0 Å². The van der Waals surface area contributed by atoms with Crippen LogP contribution in [0.4, 0.5) is 0 Å². The average molecular weight is 326 g/mol. The molecule has 0 aliphatic rings. The van der Waals surface area contributed by atoms with Gasteiger partial charge < -0.3 is 10.3 Å². The van der Waals surface area contributed by atoms with Crippen molar-refractivity contribution in [3.05, 3.63) is 53.2 Å². The van der Waals surface area contributed by atoms with Crippen LogP contribution in [-0.2, 0) is 24.1 Å². The molecule has 8 nitrogen and oxygen atoms in total. The van der Waals surface area contributed by atoms with E-state index in [1.165, 1.54) is 0 Å². The number of pyridine rings is 1. The van der Waals surface area contributed by atoms with Gasteiger partial charge in [0.2, 0.25) is 5.91 Å². The summed E-state index contributed by atoms with van der Waals surface area (Å²) in [5.74, 6) is 1.50. The van der Waals surface area contributed by atoms with Crippen molar-refractivity contribution in [1.29, 1.82) is 0 Å². The second-order valence-corrected chi connectivity index (χ2v) is 5.51. The van der Waals surface area contributed by atoms with E-state index in [2.05, 4.69) is 20.2 Å². The summed E-state index contributed by atoms with van der Waals surface area (Å²) in [4.78, 5) is 19.6. The van der Waals surface area contributed by atoms with E-state index in [-0.39, 0.29) is 6.42 Å². The van der Waals surface area contributed by atoms with Crippen LogP contribution >= 0.6 is 0 Å². The molecule has 0 radical (unpaired) electrons. The molecule has 3 aromatic heterocycles. The van der Waals surface area contributed by atoms with Crippen LogP contribution in [0.15, 0.2) is 29.0 Å². The Morgan fingerprint density at radius 3 is 2.62 bits per heavy atom. The summed E-state index contributed by atoms with van der Waals surface area (Å²) in [7, 11) is 0. The molecule has 0 saturated heterocycles. The zero-order chi connectivity index (χ0) is 17.1. The highest BCUT2D eigenvalue weighted by Crippen LogP contribution is 2.17. The molecule has 3 rings (SSSR count). The van der Waals surface area contributed by atoms with E-state index < -0.39 is 5.91 Å². The number of hydrogen-bond acceptors (Lipinski definition) is 6. The lowest BCUT2D eigenvalue weighted by Gasteiger charge is -2.05. The third-order valence-electron chi connectivity index (χ3n) is 3.74. The first-order valence-corrected chi connectivity index (χ1v) is 7.60. The number of rotatable bonds is 6. The average Bonchev–Trinajstić information content (AvgIpc) is 3.09. The third kappa shape index (κ3) is 3.32. The molecule has 2 N–H and O–H groups in total. The number of aryl methyl sites for hydroxylation is 3. The Balaban J connectivity index is 1.90. The Morgan fingerprint density at radius 2 is 2.00 bits per heavy atom. The lowest BCUT2D eigenvalue weighted by molar-refractivity contribution is -0.117. The fraction of sp³-hybridized carbons (Fsp3) is 0.312. The molecule has 8 heteroatoms. The second kappa shape index (κ2) is 6.61. The number of carbonyl (C=O) groups is 1. The highest BCUT2D eigenvalue weighted by Gasteiger charge is 2.15. The molecule has 1 amide bonds. The summed E-state index contributed by atoms with van der Waals surface area (Å²) in [5, 5.41) is 8.37. The van der Waals surface area contributed by atoms with Crippen LogP contribution in [0.25, 0.3) is 5.69 Å². The van der Waals surface area contributed by atoms with Crippen molar-refractivity contribution >= 4 is 5.91 Å². The summed E-state index contributed by atoms with van der Waals surface area (Å²) in [6, 6.07) is 3.67. The smallest absolute Gasteiger partial charge is 0.225 e. The number of nitrogens with zero attached hydrogens (tertiary/aromatic N) is 5. The third-order valence-corrected chi connectivity index (χ3v) is 3.74. The van der Waals surface area contributed by atoms with E-state index in [9.17, 15) is 4.79 Å². The maximum atomic E-state index is 11.2. The molecule has 24 heavy (non-hydrogen) atoms. The predicted molar refractivity (Wildman–Crippen MR) is 85.4 cm³/mol. The second-order valence-electron chi connectivity index (χ2n) is 5.51. The zero-order valence-corrected chi connectivity index (χ0v) is 13.6. The highest BCUT2D eigenvalue weighted by atomic mass is 16.5. The van der Waals surface area contributed by atoms with Crippen LogP contribution in [-0.4, -0.2) is 30.8 Å². The first kappa shape index (κ1) is 15.9. The van der Waals surface area contributed by atoms with Crippen LogP contribution in [0.1, 0.15) is 28.7 Å². The van der Waals surface area contributed by atoms with Crippen molar-refractivity contribution in [2.24, 2.45) is 5.73 Å². The summed E-state index contributed by atoms with van der Waals surface area (Å²) < 4.78 is 6.91. The Labute approximate surface area is 138 Å². The monoisotopic (exact) mass is 326 g/mol. The largest absolute Gasteiger partial charge is 0.369 e. The van der Waals surface area contributed by atoms with E-state index >= 15 is 0 Å². The molecule has 0 unspecified atom stereocenters. The van der Waals surface area contributed by atoms with Gasteiger partial charge in [-0.15, -0.1) is 0 Å². The SMILES string of the molecule is Cc1noc(C)c1CCc1nc(CC(N)=O)nn1-c1ccncc1. The highest BCUT2D eigenvalue weighted by molar-refractivity contribution is 5.75. The van der Waals surface area contributed by atoms with Gasteiger partial charge in [0.1, 0.15) is 11.6 Å². The van der Waals surface area contributed by atoms with E-state index in [1.807, 2.05) is 26.0 Å². The molecule has 3 aromatic rings. The minimum Gasteiger partial charge on any atom is -0.369 e. The van der Waals surface area contributed by atoms with E-state index in [4.69, 9.17) is 10.3 Å². The molecule has 0 aliphatic heterocycles. The number of carbonyl (C=O) groups excluding carboxylic acids is 1. The minimum atomic E-state index is -0.459. The standard InChI is InChI=1S/C16H18N6O2/c1-10-13(11(2)24-21-10)3-4-16-19-15(9-14(17)23)20-22(16)12-5-7-18-8-6-12/h5-8H,3-4,9H2,1-2H3,(H2,17,23). The van der Waals surface area contributed by atoms with Gasteiger partial charge in [0.25, 0.3) is 0 Å². The van der Waals surface area contributed by atoms with Gasteiger partial charge in [-0.2, -0.15) is 5.10 Å². The Kier molecular flexibility index (Phi) is 4.37. The van der Waals surface area contributed by atoms with E-state index in [0.717, 1.165) is 35.0 Å². The normalized spacial score (nSPS) is 10.9. The van der Waals surface area contributed by atoms with Gasteiger partial charge in [-0.05, 0) is 32.4 Å². The molecule has 124 valence electrons. The molecule has 0 atom stereocenters.